The Morgan fingerprint density at radius 1 is 1.38 bits per heavy atom. The lowest BCUT2D eigenvalue weighted by molar-refractivity contribution is 0.0691. The lowest BCUT2D eigenvalue weighted by atomic mass is 10.1. The highest BCUT2D eigenvalue weighted by Crippen LogP contribution is 2.19. The molecule has 0 saturated heterocycles. The van der Waals surface area contributed by atoms with Gasteiger partial charge in [0, 0.05) is 30.7 Å². The molecule has 4 nitrogen and oxygen atoms in total. The van der Waals surface area contributed by atoms with E-state index in [0.29, 0.717) is 6.54 Å². The second-order valence-corrected chi connectivity index (χ2v) is 5.12. The minimum atomic E-state index is -0.474. The van der Waals surface area contributed by atoms with Crippen molar-refractivity contribution in [3.05, 3.63) is 59.7 Å². The molecule has 2 aromatic rings. The first-order valence-corrected chi connectivity index (χ1v) is 6.74. The average molecular weight is 287 g/mol. The Labute approximate surface area is 123 Å². The van der Waals surface area contributed by atoms with Crippen LogP contribution in [0.5, 0.6) is 0 Å². The summed E-state index contributed by atoms with van der Waals surface area (Å²) >= 11 is 0. The van der Waals surface area contributed by atoms with E-state index in [1.807, 2.05) is 26.0 Å². The molecule has 0 spiro atoms. The van der Waals surface area contributed by atoms with Crippen LogP contribution in [0.4, 0.5) is 10.1 Å². The van der Waals surface area contributed by atoms with Crippen molar-refractivity contribution in [3.63, 3.8) is 0 Å². The molecule has 1 aromatic carbocycles. The third-order valence-corrected chi connectivity index (χ3v) is 3.21. The van der Waals surface area contributed by atoms with Crippen LogP contribution in [0.25, 0.3) is 0 Å². The number of nitrogens with zero attached hydrogens (tertiary/aromatic N) is 2. The number of anilines is 1. The summed E-state index contributed by atoms with van der Waals surface area (Å²) in [7, 11) is 0. The molecule has 2 N–H and O–H groups in total. The highest BCUT2D eigenvalue weighted by molar-refractivity contribution is 5.99. The van der Waals surface area contributed by atoms with E-state index in [1.54, 1.807) is 17.3 Å². The molecule has 110 valence electrons. The van der Waals surface area contributed by atoms with Crippen LogP contribution >= 0.6 is 0 Å². The van der Waals surface area contributed by atoms with Gasteiger partial charge >= 0.3 is 0 Å². The van der Waals surface area contributed by atoms with Gasteiger partial charge in [-0.15, -0.1) is 0 Å². The van der Waals surface area contributed by atoms with Crippen molar-refractivity contribution in [1.82, 2.24) is 9.88 Å². The fourth-order valence-electron chi connectivity index (χ4n) is 2.05. The monoisotopic (exact) mass is 287 g/mol. The Bertz CT molecular complexity index is 629. The van der Waals surface area contributed by atoms with E-state index in [1.165, 1.54) is 18.2 Å². The molecule has 1 heterocycles. The lowest BCUT2D eigenvalue weighted by Crippen LogP contribution is -2.36. The van der Waals surface area contributed by atoms with Crippen LogP contribution in [-0.2, 0) is 6.54 Å². The maximum atomic E-state index is 13.4. The van der Waals surface area contributed by atoms with Crippen molar-refractivity contribution in [1.29, 1.82) is 0 Å². The molecule has 0 saturated carbocycles. The van der Waals surface area contributed by atoms with Gasteiger partial charge in [0.15, 0.2) is 0 Å². The van der Waals surface area contributed by atoms with Crippen molar-refractivity contribution in [3.8, 4) is 0 Å². The number of hydrogen-bond acceptors (Lipinski definition) is 3. The second kappa shape index (κ2) is 6.35. The number of pyridine rings is 1. The van der Waals surface area contributed by atoms with Gasteiger partial charge in [-0.3, -0.25) is 9.78 Å². The fourth-order valence-corrected chi connectivity index (χ4v) is 2.05. The van der Waals surface area contributed by atoms with Crippen molar-refractivity contribution < 1.29 is 9.18 Å². The van der Waals surface area contributed by atoms with E-state index in [0.717, 1.165) is 5.56 Å². The van der Waals surface area contributed by atoms with Crippen LogP contribution in [0.15, 0.2) is 42.7 Å². The van der Waals surface area contributed by atoms with E-state index in [-0.39, 0.29) is 23.2 Å². The molecule has 21 heavy (non-hydrogen) atoms. The summed E-state index contributed by atoms with van der Waals surface area (Å²) < 4.78 is 13.4. The molecule has 0 bridgehead atoms. The normalized spacial score (nSPS) is 10.7. The molecule has 0 atom stereocenters. The van der Waals surface area contributed by atoms with Gasteiger partial charge in [-0.25, -0.2) is 4.39 Å². The van der Waals surface area contributed by atoms with Crippen LogP contribution in [0.1, 0.15) is 29.8 Å². The van der Waals surface area contributed by atoms with E-state index in [4.69, 9.17) is 5.73 Å². The number of rotatable bonds is 4. The van der Waals surface area contributed by atoms with Crippen molar-refractivity contribution in [2.24, 2.45) is 0 Å². The average Bonchev–Trinajstić information content (AvgIpc) is 2.47. The number of aromatic nitrogens is 1. The molecule has 2 rings (SSSR count). The van der Waals surface area contributed by atoms with Crippen molar-refractivity contribution >= 4 is 11.6 Å². The number of nitrogens with two attached hydrogens (primary N) is 1. The van der Waals surface area contributed by atoms with Crippen molar-refractivity contribution in [2.75, 3.05) is 5.73 Å². The zero-order chi connectivity index (χ0) is 15.4. The summed E-state index contributed by atoms with van der Waals surface area (Å²) in [4.78, 5) is 18.3. The van der Waals surface area contributed by atoms with Crippen LogP contribution in [0, 0.1) is 5.82 Å². The van der Waals surface area contributed by atoms with E-state index in [2.05, 4.69) is 4.98 Å². The first kappa shape index (κ1) is 15.0. The molecule has 0 radical (unpaired) electrons. The van der Waals surface area contributed by atoms with Gasteiger partial charge in [0.1, 0.15) is 5.82 Å². The zero-order valence-corrected chi connectivity index (χ0v) is 12.1. The number of amides is 1. The van der Waals surface area contributed by atoms with E-state index < -0.39 is 5.82 Å². The number of carbonyl (C=O) groups is 1. The Morgan fingerprint density at radius 3 is 2.76 bits per heavy atom. The third-order valence-electron chi connectivity index (χ3n) is 3.21. The van der Waals surface area contributed by atoms with Gasteiger partial charge in [0.25, 0.3) is 5.91 Å². The van der Waals surface area contributed by atoms with Gasteiger partial charge in [-0.2, -0.15) is 0 Å². The standard InChI is InChI=1S/C16H18FN3O/c1-11(2)20(10-12-4-3-7-19-9-12)16(21)14-8-13(17)5-6-15(14)18/h3-9,11H,10,18H2,1-2H3. The van der Waals surface area contributed by atoms with Gasteiger partial charge in [0.05, 0.1) is 5.56 Å². The van der Waals surface area contributed by atoms with E-state index >= 15 is 0 Å². The smallest absolute Gasteiger partial charge is 0.256 e. The number of halogens is 1. The summed E-state index contributed by atoms with van der Waals surface area (Å²) in [6.45, 7) is 4.22. The first-order chi connectivity index (χ1) is 9.99. The SMILES string of the molecule is CC(C)N(Cc1cccnc1)C(=O)c1cc(F)ccc1N. The molecular weight excluding hydrogens is 269 g/mol. The summed E-state index contributed by atoms with van der Waals surface area (Å²) in [6, 6.07) is 7.49. The number of nitrogen functional groups attached to an aromatic ring is 1. The minimum Gasteiger partial charge on any atom is -0.398 e. The molecule has 1 aromatic heterocycles. The molecule has 5 heteroatoms. The molecule has 0 aliphatic carbocycles. The number of carbonyl (C=O) groups excluding carboxylic acids is 1. The first-order valence-electron chi connectivity index (χ1n) is 6.74. The maximum absolute atomic E-state index is 13.4. The second-order valence-electron chi connectivity index (χ2n) is 5.12. The molecule has 0 unspecified atom stereocenters. The Balaban J connectivity index is 2.30. The van der Waals surface area contributed by atoms with Gasteiger partial charge in [0.2, 0.25) is 0 Å². The molecule has 0 aliphatic heterocycles. The third kappa shape index (κ3) is 3.56. The summed E-state index contributed by atoms with van der Waals surface area (Å²) in [5.41, 5.74) is 7.17. The predicted molar refractivity (Wildman–Crippen MR) is 80.1 cm³/mol. The largest absolute Gasteiger partial charge is 0.398 e. The highest BCUT2D eigenvalue weighted by atomic mass is 19.1. The van der Waals surface area contributed by atoms with Gasteiger partial charge < -0.3 is 10.6 Å². The highest BCUT2D eigenvalue weighted by Gasteiger charge is 2.21. The fraction of sp³-hybridized carbons (Fsp3) is 0.250. The summed E-state index contributed by atoms with van der Waals surface area (Å²) in [5.74, 6) is -0.761. The topological polar surface area (TPSA) is 59.2 Å². The molecule has 0 aliphatic rings. The Hall–Kier alpha value is -2.43. The van der Waals surface area contributed by atoms with Gasteiger partial charge in [-0.1, -0.05) is 6.07 Å². The number of benzene rings is 1. The summed E-state index contributed by atoms with van der Waals surface area (Å²) in [5, 5.41) is 0. The Morgan fingerprint density at radius 2 is 2.14 bits per heavy atom. The van der Waals surface area contributed by atoms with E-state index in [9.17, 15) is 9.18 Å². The maximum Gasteiger partial charge on any atom is 0.256 e. The lowest BCUT2D eigenvalue weighted by Gasteiger charge is -2.27. The van der Waals surface area contributed by atoms with Crippen LogP contribution in [0.2, 0.25) is 0 Å². The minimum absolute atomic E-state index is 0.0413. The van der Waals surface area contributed by atoms with Crippen molar-refractivity contribution in [2.45, 2.75) is 26.4 Å². The quantitative estimate of drug-likeness (QED) is 0.880. The number of hydrogen-bond donors (Lipinski definition) is 1. The summed E-state index contributed by atoms with van der Waals surface area (Å²) in [6.07, 6.45) is 3.38. The van der Waals surface area contributed by atoms with Crippen LogP contribution < -0.4 is 5.73 Å². The Kier molecular flexibility index (Phi) is 4.52. The van der Waals surface area contributed by atoms with Crippen LogP contribution in [0.3, 0.4) is 0 Å². The van der Waals surface area contributed by atoms with Gasteiger partial charge in [-0.05, 0) is 43.7 Å². The van der Waals surface area contributed by atoms with Crippen LogP contribution in [-0.4, -0.2) is 21.8 Å². The predicted octanol–water partition coefficient (Wildman–Crippen LogP) is 2.85. The molecule has 1 amide bonds. The zero-order valence-electron chi connectivity index (χ0n) is 12.1. The molecular formula is C16H18FN3O. The molecule has 0 fully saturated rings.